The van der Waals surface area contributed by atoms with E-state index in [9.17, 15) is 0 Å². The van der Waals surface area contributed by atoms with E-state index >= 15 is 0 Å². The van der Waals surface area contributed by atoms with Crippen LogP contribution in [0.25, 0.3) is 121 Å². The first-order valence-corrected chi connectivity index (χ1v) is 26.2. The lowest BCUT2D eigenvalue weighted by atomic mass is 9.65. The van der Waals surface area contributed by atoms with Crippen LogP contribution in [0, 0.1) is 0 Å². The maximum absolute atomic E-state index is 2.56. The van der Waals surface area contributed by atoms with Crippen LogP contribution < -0.4 is 0 Å². The number of hydrogen-bond donors (Lipinski definition) is 0. The third-order valence-electron chi connectivity index (χ3n) is 16.3. The van der Waals surface area contributed by atoms with Gasteiger partial charge in [-0.25, -0.2) is 0 Å². The smallest absolute Gasteiger partial charge is 0.0622 e. The highest BCUT2D eigenvalue weighted by Crippen LogP contribution is 2.59. The van der Waals surface area contributed by atoms with Crippen LogP contribution in [0.3, 0.4) is 0 Å². The molecule has 348 valence electrons. The molecule has 14 aromatic rings. The lowest BCUT2D eigenvalue weighted by Crippen LogP contribution is -2.29. The van der Waals surface area contributed by atoms with Crippen molar-refractivity contribution in [2.75, 3.05) is 0 Å². The lowest BCUT2D eigenvalue weighted by molar-refractivity contribution is 0.785. The van der Waals surface area contributed by atoms with E-state index in [1.165, 1.54) is 143 Å². The van der Waals surface area contributed by atoms with E-state index in [-0.39, 0.29) is 0 Å². The van der Waals surface area contributed by atoms with E-state index in [0.29, 0.717) is 0 Å². The molecule has 0 radical (unpaired) electrons. The predicted molar refractivity (Wildman–Crippen MR) is 318 cm³/mol. The van der Waals surface area contributed by atoms with Crippen molar-refractivity contribution in [1.29, 1.82) is 0 Å². The van der Waals surface area contributed by atoms with Crippen molar-refractivity contribution < 1.29 is 0 Å². The van der Waals surface area contributed by atoms with Gasteiger partial charge in [0.25, 0.3) is 0 Å². The maximum atomic E-state index is 2.56. The first-order chi connectivity index (χ1) is 37.2. The van der Waals surface area contributed by atoms with Gasteiger partial charge in [-0.3, -0.25) is 0 Å². The molecule has 0 amide bonds. The number of benzene rings is 14. The lowest BCUT2D eigenvalue weighted by Gasteiger charge is -2.36. The third-order valence-corrected chi connectivity index (χ3v) is 16.3. The number of rotatable bonds is 7. The second-order valence-corrected chi connectivity index (χ2v) is 20.2. The Kier molecular flexibility index (Phi) is 9.90. The van der Waals surface area contributed by atoms with Gasteiger partial charge in [-0.15, -0.1) is 0 Å². The van der Waals surface area contributed by atoms with Crippen molar-refractivity contribution in [3.8, 4) is 66.8 Å². The fraction of sp³-hybridized carbons (Fsp3) is 0.0133. The molecule has 1 aliphatic rings. The Labute approximate surface area is 437 Å². The molecule has 0 nitrogen and oxygen atoms in total. The molecule has 0 saturated carbocycles. The van der Waals surface area contributed by atoms with Crippen molar-refractivity contribution in [2.24, 2.45) is 0 Å². The fourth-order valence-electron chi connectivity index (χ4n) is 13.1. The molecule has 0 atom stereocenters. The van der Waals surface area contributed by atoms with Crippen LogP contribution >= 0.6 is 0 Å². The van der Waals surface area contributed by atoms with Crippen LogP contribution in [0.4, 0.5) is 0 Å². The maximum Gasteiger partial charge on any atom is 0.0725 e. The summed E-state index contributed by atoms with van der Waals surface area (Å²) in [6.07, 6.45) is 0. The van der Waals surface area contributed by atoms with Gasteiger partial charge in [0.1, 0.15) is 0 Å². The molecule has 0 bridgehead atoms. The van der Waals surface area contributed by atoms with Crippen LogP contribution in [-0.4, -0.2) is 0 Å². The van der Waals surface area contributed by atoms with E-state index in [1.807, 2.05) is 0 Å². The molecule has 0 aliphatic heterocycles. The van der Waals surface area contributed by atoms with E-state index in [0.717, 1.165) is 0 Å². The molecule has 0 fully saturated rings. The Morgan fingerprint density at radius 1 is 0.173 bits per heavy atom. The summed E-state index contributed by atoms with van der Waals surface area (Å²) in [6, 6.07) is 109. The molecule has 0 N–H and O–H groups in total. The summed E-state index contributed by atoms with van der Waals surface area (Å²) >= 11 is 0. The number of hydrogen-bond acceptors (Lipinski definition) is 0. The summed E-state index contributed by atoms with van der Waals surface area (Å²) in [5.41, 5.74) is 19.3. The molecule has 0 heterocycles. The molecule has 0 saturated heterocycles. The quantitative estimate of drug-likeness (QED) is 0.140. The number of fused-ring (bicyclic) bond motifs is 8. The summed E-state index contributed by atoms with van der Waals surface area (Å²) in [4.78, 5) is 0. The van der Waals surface area contributed by atoms with Gasteiger partial charge in [0.15, 0.2) is 0 Å². The summed E-state index contributed by atoms with van der Waals surface area (Å²) in [5, 5.41) is 12.4. The Bertz CT molecular complexity index is 4370. The van der Waals surface area contributed by atoms with Gasteiger partial charge in [0.2, 0.25) is 0 Å². The molecular weight excluding hydrogens is 901 g/mol. The van der Waals surface area contributed by atoms with Crippen LogP contribution in [0.5, 0.6) is 0 Å². The molecule has 0 unspecified atom stereocenters. The van der Waals surface area contributed by atoms with Crippen molar-refractivity contribution in [3.05, 3.63) is 313 Å². The van der Waals surface area contributed by atoms with E-state index in [4.69, 9.17) is 0 Å². The molecule has 0 spiro atoms. The minimum absolute atomic E-state index is 0.627. The van der Waals surface area contributed by atoms with Crippen LogP contribution in [-0.2, 0) is 5.41 Å². The van der Waals surface area contributed by atoms with E-state index in [1.54, 1.807) is 0 Å². The van der Waals surface area contributed by atoms with Gasteiger partial charge in [-0.1, -0.05) is 267 Å². The summed E-state index contributed by atoms with van der Waals surface area (Å²) in [7, 11) is 0. The summed E-state index contributed by atoms with van der Waals surface area (Å²) in [6.45, 7) is 0. The molecule has 75 heavy (non-hydrogen) atoms. The first-order valence-electron chi connectivity index (χ1n) is 26.2. The molecule has 0 heteroatoms. The van der Waals surface area contributed by atoms with Crippen LogP contribution in [0.15, 0.2) is 291 Å². The minimum Gasteiger partial charge on any atom is -0.0622 e. The highest BCUT2D eigenvalue weighted by molar-refractivity contribution is 6.24. The van der Waals surface area contributed by atoms with Crippen molar-refractivity contribution in [1.82, 2.24) is 0 Å². The highest BCUT2D eigenvalue weighted by Gasteiger charge is 2.48. The topological polar surface area (TPSA) is 0 Å². The summed E-state index contributed by atoms with van der Waals surface area (Å²) in [5.74, 6) is 0. The zero-order chi connectivity index (χ0) is 49.5. The average molecular weight is 949 g/mol. The normalized spacial score (nSPS) is 12.6. The Morgan fingerprint density at radius 2 is 0.560 bits per heavy atom. The molecule has 15 rings (SSSR count). The van der Waals surface area contributed by atoms with Gasteiger partial charge < -0.3 is 0 Å². The molecule has 0 aromatic heterocycles. The van der Waals surface area contributed by atoms with Gasteiger partial charge in [0.05, 0.1) is 5.41 Å². The standard InChI is InChI=1S/C75H48/c1-3-21-49(22-4-1)54-45-55(50-23-5-2-6-24-50)47-56(46-54)57-43-44-68(61-32-12-11-31-60(57)61)74-66-36-15-13-34-64(66)73(65-35-14-16-37-67(65)74)53-41-42-63-62-33-17-18-38-71(62)75(72(63)48-53,69-39-19-27-51-25-7-9-29-58(51)69)70-40-20-28-52-26-8-10-30-59(52)70/h1-48H. The second kappa shape index (κ2) is 17.3. The average Bonchev–Trinajstić information content (AvgIpc) is 3.95. The largest absolute Gasteiger partial charge is 0.0725 e. The molecule has 14 aromatic carbocycles. The van der Waals surface area contributed by atoms with Crippen molar-refractivity contribution in [3.63, 3.8) is 0 Å². The SMILES string of the molecule is c1ccc(-c2cc(-c3ccccc3)cc(-c3ccc(-c4c5ccccc5c(-c5ccc6c(c5)C(c5cccc7ccccc57)(c5cccc7ccccc57)c5ccccc5-6)c5ccccc45)c4ccccc34)c2)cc1. The molecular formula is C75H48. The first kappa shape index (κ1) is 43.0. The van der Waals surface area contributed by atoms with Crippen molar-refractivity contribution in [2.45, 2.75) is 5.41 Å². The zero-order valence-corrected chi connectivity index (χ0v) is 41.2. The van der Waals surface area contributed by atoms with Gasteiger partial charge in [-0.2, -0.15) is 0 Å². The third kappa shape index (κ3) is 6.63. The fourth-order valence-corrected chi connectivity index (χ4v) is 13.1. The Hall–Kier alpha value is -9.62. The van der Waals surface area contributed by atoms with E-state index in [2.05, 4.69) is 291 Å². The molecule has 1 aliphatic carbocycles. The van der Waals surface area contributed by atoms with Crippen LogP contribution in [0.1, 0.15) is 22.3 Å². The highest BCUT2D eigenvalue weighted by atomic mass is 14.5. The van der Waals surface area contributed by atoms with Gasteiger partial charge >= 0.3 is 0 Å². The monoisotopic (exact) mass is 948 g/mol. The van der Waals surface area contributed by atoms with Crippen molar-refractivity contribution >= 4 is 53.9 Å². The van der Waals surface area contributed by atoms with Gasteiger partial charge in [-0.05, 0) is 167 Å². The Morgan fingerprint density at radius 3 is 1.13 bits per heavy atom. The zero-order valence-electron chi connectivity index (χ0n) is 41.2. The minimum atomic E-state index is -0.627. The predicted octanol–water partition coefficient (Wildman–Crippen LogP) is 20.2. The summed E-state index contributed by atoms with van der Waals surface area (Å²) < 4.78 is 0. The van der Waals surface area contributed by atoms with E-state index < -0.39 is 5.41 Å². The van der Waals surface area contributed by atoms with Gasteiger partial charge in [0, 0.05) is 0 Å². The van der Waals surface area contributed by atoms with Crippen LogP contribution in [0.2, 0.25) is 0 Å². The Balaban J connectivity index is 0.979. The second-order valence-electron chi connectivity index (χ2n) is 20.2.